The largest absolute Gasteiger partial charge is 0.394 e. The summed E-state index contributed by atoms with van der Waals surface area (Å²) in [5, 5.41) is 13.0. The smallest absolute Gasteiger partial charge is 0.229 e. The highest BCUT2D eigenvalue weighted by Crippen LogP contribution is 2.21. The highest BCUT2D eigenvalue weighted by molar-refractivity contribution is 5.53. The van der Waals surface area contributed by atoms with Crippen molar-refractivity contribution in [2.45, 2.75) is 13.8 Å². The molecule has 0 amide bonds. The Kier molecular flexibility index (Phi) is 11.4. The third-order valence-electron chi connectivity index (χ3n) is 5.73. The van der Waals surface area contributed by atoms with Gasteiger partial charge in [-0.05, 0) is 6.07 Å². The second-order valence-electron chi connectivity index (χ2n) is 8.62. The molecule has 5 heterocycles. The van der Waals surface area contributed by atoms with E-state index in [1.807, 2.05) is 43.1 Å². The molecule has 0 aromatic carbocycles. The zero-order chi connectivity index (χ0) is 29.6. The Morgan fingerprint density at radius 2 is 1.48 bits per heavy atom. The van der Waals surface area contributed by atoms with Gasteiger partial charge in [-0.15, -0.1) is 0 Å². The van der Waals surface area contributed by atoms with Crippen molar-refractivity contribution >= 4 is 11.9 Å². The maximum absolute atomic E-state index is 8.84. The monoisotopic (exact) mass is 570 g/mol. The SMILES string of the molecule is CC.Cn1cc(-c2ncc(C#Cc3cnc(N4C=C(COCCOCCO)N(c5ncccn5)CC4)nc3)cn2)cn1. The van der Waals surface area contributed by atoms with Gasteiger partial charge in [-0.2, -0.15) is 5.10 Å². The molecule has 0 saturated carbocycles. The van der Waals surface area contributed by atoms with Crippen LogP contribution >= 0.6 is 0 Å². The number of nitrogens with zero attached hydrogens (tertiary/aromatic N) is 10. The Balaban J connectivity index is 0.00000198. The Labute approximate surface area is 244 Å². The predicted octanol–water partition coefficient (Wildman–Crippen LogP) is 2.08. The quantitative estimate of drug-likeness (QED) is 0.220. The van der Waals surface area contributed by atoms with Crippen molar-refractivity contribution in [1.29, 1.82) is 0 Å². The Bertz CT molecular complexity index is 1470. The van der Waals surface area contributed by atoms with Crippen LogP contribution in [0.5, 0.6) is 0 Å². The summed E-state index contributed by atoms with van der Waals surface area (Å²) in [6.45, 7) is 6.63. The molecule has 0 fully saturated rings. The second kappa shape index (κ2) is 15.9. The molecule has 0 unspecified atom stereocenters. The molecule has 0 saturated heterocycles. The Hall–Kier alpha value is -4.77. The van der Waals surface area contributed by atoms with Crippen molar-refractivity contribution < 1.29 is 14.6 Å². The molecule has 5 rings (SSSR count). The molecule has 42 heavy (non-hydrogen) atoms. The molecule has 0 atom stereocenters. The Morgan fingerprint density at radius 1 is 0.810 bits per heavy atom. The lowest BCUT2D eigenvalue weighted by molar-refractivity contribution is 0.0390. The molecule has 4 aromatic heterocycles. The van der Waals surface area contributed by atoms with E-state index < -0.39 is 0 Å². The first-order valence-corrected chi connectivity index (χ1v) is 13.6. The van der Waals surface area contributed by atoms with E-state index in [0.29, 0.717) is 61.8 Å². The number of aliphatic hydroxyl groups excluding tert-OH is 1. The van der Waals surface area contributed by atoms with Crippen molar-refractivity contribution in [3.8, 4) is 23.2 Å². The molecular formula is C29H34N10O3. The molecule has 218 valence electrons. The van der Waals surface area contributed by atoms with Crippen molar-refractivity contribution in [2.75, 3.05) is 55.9 Å². The molecular weight excluding hydrogens is 536 g/mol. The summed E-state index contributed by atoms with van der Waals surface area (Å²) >= 11 is 0. The van der Waals surface area contributed by atoms with E-state index in [0.717, 1.165) is 11.3 Å². The van der Waals surface area contributed by atoms with Gasteiger partial charge in [0.05, 0.1) is 61.6 Å². The number of hydrogen-bond donors (Lipinski definition) is 1. The van der Waals surface area contributed by atoms with Gasteiger partial charge in [-0.25, -0.2) is 29.9 Å². The number of anilines is 2. The first kappa shape index (κ1) is 30.2. The molecule has 0 bridgehead atoms. The van der Waals surface area contributed by atoms with Gasteiger partial charge in [-0.1, -0.05) is 25.7 Å². The molecule has 0 spiro atoms. The number of rotatable bonds is 10. The highest BCUT2D eigenvalue weighted by atomic mass is 16.5. The van der Waals surface area contributed by atoms with Crippen molar-refractivity contribution in [2.24, 2.45) is 7.05 Å². The summed E-state index contributed by atoms with van der Waals surface area (Å²) in [6.07, 6.45) is 15.7. The zero-order valence-electron chi connectivity index (χ0n) is 24.0. The average Bonchev–Trinajstić information content (AvgIpc) is 3.49. The van der Waals surface area contributed by atoms with E-state index in [1.54, 1.807) is 54.1 Å². The fourth-order valence-corrected chi connectivity index (χ4v) is 3.82. The maximum Gasteiger partial charge on any atom is 0.229 e. The van der Waals surface area contributed by atoms with Crippen LogP contribution in [0.25, 0.3) is 11.4 Å². The van der Waals surface area contributed by atoms with Gasteiger partial charge in [-0.3, -0.25) is 4.68 Å². The average molecular weight is 571 g/mol. The van der Waals surface area contributed by atoms with Gasteiger partial charge in [0.25, 0.3) is 0 Å². The van der Waals surface area contributed by atoms with Crippen LogP contribution in [0.15, 0.2) is 67.5 Å². The maximum atomic E-state index is 8.84. The lowest BCUT2D eigenvalue weighted by Crippen LogP contribution is -2.41. The highest BCUT2D eigenvalue weighted by Gasteiger charge is 2.23. The molecule has 13 heteroatoms. The van der Waals surface area contributed by atoms with Crippen molar-refractivity contribution in [1.82, 2.24) is 39.7 Å². The first-order valence-electron chi connectivity index (χ1n) is 13.6. The number of aryl methyl sites for hydroxylation is 1. The second-order valence-corrected chi connectivity index (χ2v) is 8.62. The summed E-state index contributed by atoms with van der Waals surface area (Å²) in [5.41, 5.74) is 3.07. The third kappa shape index (κ3) is 8.37. The summed E-state index contributed by atoms with van der Waals surface area (Å²) in [5.74, 6) is 7.86. The number of ether oxygens (including phenoxy) is 2. The van der Waals surface area contributed by atoms with Crippen LogP contribution in [0.1, 0.15) is 25.0 Å². The molecule has 0 aliphatic carbocycles. The van der Waals surface area contributed by atoms with E-state index in [-0.39, 0.29) is 13.2 Å². The lowest BCUT2D eigenvalue weighted by atomic mass is 10.2. The van der Waals surface area contributed by atoms with Gasteiger partial charge in [0.1, 0.15) is 0 Å². The van der Waals surface area contributed by atoms with Gasteiger partial charge in [0.15, 0.2) is 5.82 Å². The molecule has 1 aliphatic heterocycles. The van der Waals surface area contributed by atoms with E-state index >= 15 is 0 Å². The van der Waals surface area contributed by atoms with Crippen molar-refractivity contribution in [3.63, 3.8) is 0 Å². The fraction of sp³-hybridized carbons (Fsp3) is 0.345. The van der Waals surface area contributed by atoms with Crippen LogP contribution in [-0.2, 0) is 16.5 Å². The van der Waals surface area contributed by atoms with Crippen molar-refractivity contribution in [3.05, 3.63) is 78.7 Å². The molecule has 0 radical (unpaired) electrons. The fourth-order valence-electron chi connectivity index (χ4n) is 3.82. The Morgan fingerprint density at radius 3 is 2.12 bits per heavy atom. The van der Waals surface area contributed by atoms with Crippen LogP contribution in [0.4, 0.5) is 11.9 Å². The molecule has 1 N–H and O–H groups in total. The van der Waals surface area contributed by atoms with E-state index in [2.05, 4.69) is 46.8 Å². The number of hydrogen-bond acceptors (Lipinski definition) is 12. The normalized spacial score (nSPS) is 12.6. The summed E-state index contributed by atoms with van der Waals surface area (Å²) in [6, 6.07) is 1.78. The summed E-state index contributed by atoms with van der Waals surface area (Å²) in [7, 11) is 1.85. The van der Waals surface area contributed by atoms with Gasteiger partial charge < -0.3 is 24.4 Å². The minimum absolute atomic E-state index is 0.0159. The van der Waals surface area contributed by atoms with Gasteiger partial charge >= 0.3 is 0 Å². The molecule has 1 aliphatic rings. The van der Waals surface area contributed by atoms with Crippen LogP contribution in [0, 0.1) is 11.8 Å². The van der Waals surface area contributed by atoms with Crippen LogP contribution < -0.4 is 9.80 Å². The lowest BCUT2D eigenvalue weighted by Gasteiger charge is -2.33. The molecule has 13 nitrogen and oxygen atoms in total. The van der Waals surface area contributed by atoms with E-state index in [4.69, 9.17) is 14.6 Å². The first-order chi connectivity index (χ1) is 20.7. The number of aliphatic hydroxyl groups is 1. The molecule has 4 aromatic rings. The van der Waals surface area contributed by atoms with Gasteiger partial charge in [0.2, 0.25) is 11.9 Å². The minimum Gasteiger partial charge on any atom is -0.394 e. The van der Waals surface area contributed by atoms with Crippen LogP contribution in [-0.4, -0.2) is 90.9 Å². The van der Waals surface area contributed by atoms with E-state index in [9.17, 15) is 0 Å². The van der Waals surface area contributed by atoms with Crippen LogP contribution in [0.3, 0.4) is 0 Å². The van der Waals surface area contributed by atoms with Crippen LogP contribution in [0.2, 0.25) is 0 Å². The minimum atomic E-state index is -0.0159. The number of aromatic nitrogens is 8. The predicted molar refractivity (Wildman–Crippen MR) is 157 cm³/mol. The van der Waals surface area contributed by atoms with Gasteiger partial charge in [0, 0.05) is 69.7 Å². The standard InChI is InChI=1S/C27H28N10O3.C2H6/c1-35-18-23(17-34-35)25-30-13-21(14-31-25)3-4-22-15-32-26(33-16-22)36-7-8-37(27-28-5-2-6-29-27)24(19-36)20-40-12-11-39-10-9-38;1-2/h2,5-6,13-19,38H,7-12,20H2,1H3;1-2H3. The zero-order valence-corrected chi connectivity index (χ0v) is 24.0. The third-order valence-corrected chi connectivity index (χ3v) is 5.73. The summed E-state index contributed by atoms with van der Waals surface area (Å²) < 4.78 is 12.8. The summed E-state index contributed by atoms with van der Waals surface area (Å²) in [4.78, 5) is 30.5. The topological polar surface area (TPSA) is 140 Å². The van der Waals surface area contributed by atoms with E-state index in [1.165, 1.54) is 0 Å².